The van der Waals surface area contributed by atoms with Crippen molar-refractivity contribution in [3.63, 3.8) is 0 Å². The van der Waals surface area contributed by atoms with Gasteiger partial charge in [0.15, 0.2) is 0 Å². The lowest BCUT2D eigenvalue weighted by molar-refractivity contribution is 0.000568. The van der Waals surface area contributed by atoms with Gasteiger partial charge in [-0.15, -0.1) is 0 Å². The van der Waals surface area contributed by atoms with Crippen molar-refractivity contribution in [2.75, 3.05) is 13.1 Å². The number of pyridine rings is 1. The minimum atomic E-state index is -1.09. The van der Waals surface area contributed by atoms with E-state index < -0.39 is 17.7 Å². The first kappa shape index (κ1) is 15.1. The average Bonchev–Trinajstić information content (AvgIpc) is 2.26. The molecule has 2 heterocycles. The van der Waals surface area contributed by atoms with E-state index >= 15 is 0 Å². The molecule has 1 aromatic rings. The van der Waals surface area contributed by atoms with Crippen molar-refractivity contribution < 1.29 is 19.4 Å². The second-order valence-corrected chi connectivity index (χ2v) is 6.01. The fourth-order valence-electron chi connectivity index (χ4n) is 2.02. The molecule has 0 aliphatic carbocycles. The highest BCUT2D eigenvalue weighted by Crippen LogP contribution is 2.22. The second kappa shape index (κ2) is 5.23. The molecular formula is C14H18N2O5. The van der Waals surface area contributed by atoms with E-state index in [0.29, 0.717) is 13.1 Å². The van der Waals surface area contributed by atoms with Crippen LogP contribution in [0.3, 0.4) is 0 Å². The third-order valence-corrected chi connectivity index (χ3v) is 3.09. The van der Waals surface area contributed by atoms with Crippen LogP contribution in [0.15, 0.2) is 23.1 Å². The summed E-state index contributed by atoms with van der Waals surface area (Å²) in [4.78, 5) is 36.0. The molecule has 1 N–H and O–H groups in total. The normalized spacial score (nSPS) is 15.5. The Hall–Kier alpha value is -2.31. The molecule has 21 heavy (non-hydrogen) atoms. The van der Waals surface area contributed by atoms with Crippen molar-refractivity contribution in [3.8, 4) is 0 Å². The summed E-state index contributed by atoms with van der Waals surface area (Å²) in [6, 6.07) is 2.27. The van der Waals surface area contributed by atoms with Crippen LogP contribution in [0.1, 0.15) is 37.2 Å². The molecule has 0 spiro atoms. The number of aromatic carboxylic acids is 1. The molecule has 1 aliphatic heterocycles. The molecule has 114 valence electrons. The molecule has 0 saturated carbocycles. The van der Waals surface area contributed by atoms with Gasteiger partial charge in [-0.2, -0.15) is 0 Å². The molecule has 1 fully saturated rings. The number of nitrogens with zero attached hydrogens (tertiary/aromatic N) is 2. The first-order valence-corrected chi connectivity index (χ1v) is 6.61. The van der Waals surface area contributed by atoms with Gasteiger partial charge in [0.1, 0.15) is 5.60 Å². The number of carbonyl (C=O) groups excluding carboxylic acids is 1. The molecule has 1 amide bonds. The first-order valence-electron chi connectivity index (χ1n) is 6.61. The highest BCUT2D eigenvalue weighted by atomic mass is 16.6. The lowest BCUT2D eigenvalue weighted by atomic mass is 10.1. The van der Waals surface area contributed by atoms with Gasteiger partial charge in [0.2, 0.25) is 0 Å². The molecule has 0 aromatic carbocycles. The van der Waals surface area contributed by atoms with Gasteiger partial charge in [0.25, 0.3) is 5.56 Å². The fourth-order valence-corrected chi connectivity index (χ4v) is 2.02. The predicted octanol–water partition coefficient (Wildman–Crippen LogP) is 1.34. The van der Waals surface area contributed by atoms with Gasteiger partial charge >= 0.3 is 12.1 Å². The summed E-state index contributed by atoms with van der Waals surface area (Å²) in [7, 11) is 0. The highest BCUT2D eigenvalue weighted by molar-refractivity contribution is 5.87. The van der Waals surface area contributed by atoms with Gasteiger partial charge in [-0.25, -0.2) is 9.59 Å². The number of carboxylic acid groups (broad SMARTS) is 1. The average molecular weight is 294 g/mol. The monoisotopic (exact) mass is 294 g/mol. The summed E-state index contributed by atoms with van der Waals surface area (Å²) in [6.07, 6.45) is 0.878. The Balaban J connectivity index is 2.05. The fraction of sp³-hybridized carbons (Fsp3) is 0.500. The summed E-state index contributed by atoms with van der Waals surface area (Å²) in [5, 5.41) is 8.94. The molecule has 0 radical (unpaired) electrons. The number of ether oxygens (including phenoxy) is 1. The van der Waals surface area contributed by atoms with Crippen LogP contribution in [-0.4, -0.2) is 45.3 Å². The molecule has 0 atom stereocenters. The van der Waals surface area contributed by atoms with E-state index in [2.05, 4.69) is 0 Å². The van der Waals surface area contributed by atoms with Crippen LogP contribution in [0.2, 0.25) is 0 Å². The van der Waals surface area contributed by atoms with E-state index in [9.17, 15) is 14.4 Å². The third kappa shape index (κ3) is 3.42. The maximum Gasteiger partial charge on any atom is 0.410 e. The number of likely N-dealkylation sites (tertiary alicyclic amines) is 1. The van der Waals surface area contributed by atoms with Crippen LogP contribution < -0.4 is 5.56 Å². The predicted molar refractivity (Wildman–Crippen MR) is 74.5 cm³/mol. The number of aromatic nitrogens is 1. The van der Waals surface area contributed by atoms with Gasteiger partial charge in [0, 0.05) is 25.4 Å². The SMILES string of the molecule is CC(C)(C)OC(=O)N1CC(n2cc(C(=O)O)ccc2=O)C1. The van der Waals surface area contributed by atoms with Crippen molar-refractivity contribution in [2.45, 2.75) is 32.4 Å². The second-order valence-electron chi connectivity index (χ2n) is 6.01. The van der Waals surface area contributed by atoms with E-state index in [1.54, 1.807) is 20.8 Å². The molecule has 1 aliphatic rings. The maximum absolute atomic E-state index is 11.8. The Bertz CT molecular complexity index is 623. The Morgan fingerprint density at radius 1 is 1.29 bits per heavy atom. The van der Waals surface area contributed by atoms with Crippen molar-refractivity contribution in [1.82, 2.24) is 9.47 Å². The lowest BCUT2D eigenvalue weighted by Gasteiger charge is -2.40. The summed E-state index contributed by atoms with van der Waals surface area (Å²) in [6.45, 7) is 6.00. The summed E-state index contributed by atoms with van der Waals surface area (Å²) >= 11 is 0. The number of carbonyl (C=O) groups is 2. The largest absolute Gasteiger partial charge is 0.478 e. The number of hydrogen-bond donors (Lipinski definition) is 1. The van der Waals surface area contributed by atoms with Gasteiger partial charge in [-0.3, -0.25) is 4.79 Å². The molecule has 1 saturated heterocycles. The minimum Gasteiger partial charge on any atom is -0.478 e. The smallest absolute Gasteiger partial charge is 0.410 e. The van der Waals surface area contributed by atoms with Crippen molar-refractivity contribution in [2.24, 2.45) is 0 Å². The first-order chi connectivity index (χ1) is 9.67. The van der Waals surface area contributed by atoms with Gasteiger partial charge in [-0.05, 0) is 26.8 Å². The Kier molecular flexibility index (Phi) is 3.76. The Labute approximate surface area is 121 Å². The van der Waals surface area contributed by atoms with Gasteiger partial charge in [-0.1, -0.05) is 0 Å². The zero-order chi connectivity index (χ0) is 15.8. The molecular weight excluding hydrogens is 276 g/mol. The Morgan fingerprint density at radius 2 is 1.90 bits per heavy atom. The lowest BCUT2D eigenvalue weighted by Crippen LogP contribution is -2.53. The minimum absolute atomic E-state index is 0.0466. The van der Waals surface area contributed by atoms with Crippen LogP contribution in [0.4, 0.5) is 4.79 Å². The molecule has 2 rings (SSSR count). The van der Waals surface area contributed by atoms with Gasteiger partial charge in [0.05, 0.1) is 11.6 Å². The number of carboxylic acids is 1. The van der Waals surface area contributed by atoms with Crippen molar-refractivity contribution in [3.05, 3.63) is 34.2 Å². The molecule has 1 aromatic heterocycles. The van der Waals surface area contributed by atoms with Crippen LogP contribution in [0, 0.1) is 0 Å². The zero-order valence-electron chi connectivity index (χ0n) is 12.2. The number of amides is 1. The van der Waals surface area contributed by atoms with E-state index in [0.717, 1.165) is 0 Å². The summed E-state index contributed by atoms with van der Waals surface area (Å²) < 4.78 is 6.58. The number of rotatable bonds is 2. The highest BCUT2D eigenvalue weighted by Gasteiger charge is 2.35. The van der Waals surface area contributed by atoms with Gasteiger partial charge < -0.3 is 19.3 Å². The number of hydrogen-bond acceptors (Lipinski definition) is 4. The van der Waals surface area contributed by atoms with Crippen molar-refractivity contribution in [1.29, 1.82) is 0 Å². The van der Waals surface area contributed by atoms with Crippen LogP contribution >= 0.6 is 0 Å². The van der Waals surface area contributed by atoms with E-state index in [1.165, 1.54) is 27.8 Å². The topological polar surface area (TPSA) is 88.8 Å². The van der Waals surface area contributed by atoms with Crippen LogP contribution in [0.25, 0.3) is 0 Å². The van der Waals surface area contributed by atoms with E-state index in [-0.39, 0.29) is 17.2 Å². The van der Waals surface area contributed by atoms with Crippen LogP contribution in [0.5, 0.6) is 0 Å². The van der Waals surface area contributed by atoms with E-state index in [1.807, 2.05) is 0 Å². The molecule has 7 heteroatoms. The molecule has 0 bridgehead atoms. The van der Waals surface area contributed by atoms with Crippen LogP contribution in [-0.2, 0) is 4.74 Å². The zero-order valence-corrected chi connectivity index (χ0v) is 12.2. The molecule has 7 nitrogen and oxygen atoms in total. The maximum atomic E-state index is 11.8. The summed E-state index contributed by atoms with van der Waals surface area (Å²) in [5.41, 5.74) is -0.804. The summed E-state index contributed by atoms with van der Waals surface area (Å²) in [5.74, 6) is -1.09. The quantitative estimate of drug-likeness (QED) is 0.889. The third-order valence-electron chi connectivity index (χ3n) is 3.09. The van der Waals surface area contributed by atoms with E-state index in [4.69, 9.17) is 9.84 Å². The Morgan fingerprint density at radius 3 is 2.43 bits per heavy atom. The standard InChI is InChI=1S/C14H18N2O5/c1-14(2,3)21-13(20)15-7-10(8-15)16-6-9(12(18)19)4-5-11(16)17/h4-6,10H,7-8H2,1-3H3,(H,18,19). The molecule has 0 unspecified atom stereocenters. The van der Waals surface area contributed by atoms with Crippen molar-refractivity contribution >= 4 is 12.1 Å².